The van der Waals surface area contributed by atoms with Gasteiger partial charge in [0.2, 0.25) is 0 Å². The molecule has 0 bridgehead atoms. The second-order valence-electron chi connectivity index (χ2n) is 11.6. The van der Waals surface area contributed by atoms with E-state index in [0.717, 1.165) is 36.9 Å². The highest BCUT2D eigenvalue weighted by atomic mass is 16.5. The minimum Gasteiger partial charge on any atom is -0.376 e. The van der Waals surface area contributed by atoms with Gasteiger partial charge in [-0.3, -0.25) is 5.32 Å². The third kappa shape index (κ3) is 5.58. The predicted molar refractivity (Wildman–Crippen MR) is 129 cm³/mol. The Labute approximate surface area is 194 Å². The maximum Gasteiger partial charge on any atom is 0.116 e. The Morgan fingerprint density at radius 2 is 1.75 bits per heavy atom. The van der Waals surface area contributed by atoms with E-state index in [0.29, 0.717) is 17.9 Å². The Morgan fingerprint density at radius 1 is 0.969 bits per heavy atom. The summed E-state index contributed by atoms with van der Waals surface area (Å²) in [6.45, 7) is 6.08. The van der Waals surface area contributed by atoms with Crippen LogP contribution in [0, 0.1) is 35.5 Å². The van der Waals surface area contributed by atoms with E-state index in [4.69, 9.17) is 4.74 Å². The fourth-order valence-corrected chi connectivity index (χ4v) is 7.26. The Kier molecular flexibility index (Phi) is 7.23. The molecule has 3 aliphatic carbocycles. The van der Waals surface area contributed by atoms with Crippen LogP contribution in [0.2, 0.25) is 0 Å². The highest BCUT2D eigenvalue weighted by molar-refractivity contribution is 5.13. The van der Waals surface area contributed by atoms with Crippen molar-refractivity contribution in [3.63, 3.8) is 0 Å². The molecule has 4 nitrogen and oxygen atoms in total. The smallest absolute Gasteiger partial charge is 0.116 e. The van der Waals surface area contributed by atoms with Crippen molar-refractivity contribution in [2.75, 3.05) is 19.7 Å². The van der Waals surface area contributed by atoms with Gasteiger partial charge < -0.3 is 15.2 Å². The van der Waals surface area contributed by atoms with Gasteiger partial charge in [-0.1, -0.05) is 30.3 Å². The van der Waals surface area contributed by atoms with Gasteiger partial charge in [0.15, 0.2) is 0 Å². The van der Waals surface area contributed by atoms with Crippen molar-refractivity contribution in [2.24, 2.45) is 35.5 Å². The molecule has 0 spiro atoms. The summed E-state index contributed by atoms with van der Waals surface area (Å²) in [5, 5.41) is 18.6. The topological polar surface area (TPSA) is 53.5 Å². The fourth-order valence-electron chi connectivity index (χ4n) is 7.26. The lowest BCUT2D eigenvalue weighted by Crippen LogP contribution is -2.54. The van der Waals surface area contributed by atoms with Crippen LogP contribution in [0.25, 0.3) is 0 Å². The Bertz CT molecular complexity index is 715. The molecule has 6 atom stereocenters. The lowest BCUT2D eigenvalue weighted by atomic mass is 9.73. The van der Waals surface area contributed by atoms with E-state index >= 15 is 0 Å². The van der Waals surface area contributed by atoms with Crippen molar-refractivity contribution in [3.05, 3.63) is 35.9 Å². The molecule has 5 rings (SSSR count). The number of benzene rings is 1. The van der Waals surface area contributed by atoms with Crippen LogP contribution >= 0.6 is 0 Å². The van der Waals surface area contributed by atoms with Gasteiger partial charge in [0.05, 0.1) is 6.61 Å². The van der Waals surface area contributed by atoms with E-state index in [1.54, 1.807) is 0 Å². The monoisotopic (exact) mass is 440 g/mol. The van der Waals surface area contributed by atoms with Gasteiger partial charge in [-0.2, -0.15) is 0 Å². The third-order valence-corrected chi connectivity index (χ3v) is 9.26. The van der Waals surface area contributed by atoms with Crippen molar-refractivity contribution < 1.29 is 9.84 Å². The number of nitrogens with one attached hydrogen (secondary N) is 2. The van der Waals surface area contributed by atoms with E-state index in [1.165, 1.54) is 76.4 Å². The van der Waals surface area contributed by atoms with E-state index in [1.807, 2.05) is 0 Å². The van der Waals surface area contributed by atoms with Gasteiger partial charge in [-0.05, 0) is 113 Å². The number of aliphatic hydroxyl groups is 1. The second kappa shape index (κ2) is 10.1. The molecule has 4 aliphatic rings. The molecule has 1 saturated heterocycles. The molecule has 32 heavy (non-hydrogen) atoms. The molecule has 1 heterocycles. The number of hydrogen-bond acceptors (Lipinski definition) is 4. The second-order valence-corrected chi connectivity index (χ2v) is 11.6. The van der Waals surface area contributed by atoms with Crippen LogP contribution < -0.4 is 10.6 Å². The highest BCUT2D eigenvalue weighted by Crippen LogP contribution is 2.54. The van der Waals surface area contributed by atoms with Crippen LogP contribution in [-0.4, -0.2) is 36.6 Å². The summed E-state index contributed by atoms with van der Waals surface area (Å²) >= 11 is 0. The Hall–Kier alpha value is -0.940. The van der Waals surface area contributed by atoms with Crippen LogP contribution in [0.4, 0.5) is 0 Å². The van der Waals surface area contributed by atoms with Crippen LogP contribution in [0.3, 0.4) is 0 Å². The number of piperidine rings is 1. The standard InChI is InChI=1S/C28H44N2O2/c1-28(31,30-25-12-11-24-17-29-14-13-23(24)15-25)27-16-26(27)22-9-7-21(8-10-22)19-32-18-20-5-3-2-4-6-20/h2-6,21-27,29-31H,7-19H2,1H3. The molecule has 6 unspecified atom stereocenters. The quantitative estimate of drug-likeness (QED) is 0.512. The molecule has 1 aromatic carbocycles. The first-order chi connectivity index (χ1) is 15.6. The minimum atomic E-state index is -0.690. The zero-order chi connectivity index (χ0) is 22.0. The maximum atomic E-state index is 11.3. The minimum absolute atomic E-state index is 0.448. The Balaban J connectivity index is 1.02. The first-order valence-corrected chi connectivity index (χ1v) is 13.4. The molecule has 0 amide bonds. The van der Waals surface area contributed by atoms with Gasteiger partial charge >= 0.3 is 0 Å². The summed E-state index contributed by atoms with van der Waals surface area (Å²) < 4.78 is 6.01. The number of fused-ring (bicyclic) bond motifs is 1. The molecule has 3 N–H and O–H groups in total. The van der Waals surface area contributed by atoms with Crippen molar-refractivity contribution in [2.45, 2.75) is 83.1 Å². The van der Waals surface area contributed by atoms with Crippen molar-refractivity contribution in [1.29, 1.82) is 0 Å². The first-order valence-electron chi connectivity index (χ1n) is 13.4. The van der Waals surface area contributed by atoms with Crippen molar-refractivity contribution in [3.8, 4) is 0 Å². The fraction of sp³-hybridized carbons (Fsp3) is 0.786. The average Bonchev–Trinajstić information content (AvgIpc) is 3.62. The van der Waals surface area contributed by atoms with Crippen LogP contribution in [-0.2, 0) is 11.3 Å². The van der Waals surface area contributed by atoms with Gasteiger partial charge in [-0.15, -0.1) is 0 Å². The summed E-state index contributed by atoms with van der Waals surface area (Å²) in [4.78, 5) is 0. The molecule has 1 aliphatic heterocycles. The van der Waals surface area contributed by atoms with Crippen LogP contribution in [0.1, 0.15) is 70.3 Å². The summed E-state index contributed by atoms with van der Waals surface area (Å²) in [6, 6.07) is 11.0. The van der Waals surface area contributed by atoms with Gasteiger partial charge in [-0.25, -0.2) is 0 Å². The summed E-state index contributed by atoms with van der Waals surface area (Å²) in [5.41, 5.74) is 0.579. The van der Waals surface area contributed by atoms with Crippen molar-refractivity contribution >= 4 is 0 Å². The maximum absolute atomic E-state index is 11.3. The summed E-state index contributed by atoms with van der Waals surface area (Å²) in [6.07, 6.45) is 11.5. The zero-order valence-corrected chi connectivity index (χ0v) is 20.0. The third-order valence-electron chi connectivity index (χ3n) is 9.26. The number of hydrogen-bond donors (Lipinski definition) is 3. The van der Waals surface area contributed by atoms with E-state index in [9.17, 15) is 5.11 Å². The SMILES string of the molecule is CC(O)(NC1CCC2CNCCC2C1)C1CC1C1CCC(COCc2ccccc2)CC1. The molecule has 3 saturated carbocycles. The number of ether oxygens (including phenoxy) is 1. The Morgan fingerprint density at radius 3 is 2.56 bits per heavy atom. The first kappa shape index (κ1) is 22.8. The highest BCUT2D eigenvalue weighted by Gasteiger charge is 2.53. The molecule has 0 aromatic heterocycles. The van der Waals surface area contributed by atoms with Crippen LogP contribution in [0.5, 0.6) is 0 Å². The summed E-state index contributed by atoms with van der Waals surface area (Å²) in [5.74, 6) is 4.41. The number of rotatable bonds is 8. The van der Waals surface area contributed by atoms with Crippen molar-refractivity contribution in [1.82, 2.24) is 10.6 Å². The molecule has 4 heteroatoms. The van der Waals surface area contributed by atoms with E-state index < -0.39 is 5.72 Å². The van der Waals surface area contributed by atoms with E-state index in [-0.39, 0.29) is 0 Å². The van der Waals surface area contributed by atoms with Gasteiger partial charge in [0.25, 0.3) is 0 Å². The predicted octanol–water partition coefficient (Wildman–Crippen LogP) is 4.72. The average molecular weight is 441 g/mol. The van der Waals surface area contributed by atoms with Crippen LogP contribution in [0.15, 0.2) is 30.3 Å². The molecule has 178 valence electrons. The zero-order valence-electron chi connectivity index (χ0n) is 20.0. The lowest BCUT2D eigenvalue weighted by Gasteiger charge is -2.42. The molecular weight excluding hydrogens is 396 g/mol. The molecule has 0 radical (unpaired) electrons. The molecule has 1 aromatic rings. The van der Waals surface area contributed by atoms with E-state index in [2.05, 4.69) is 47.9 Å². The molecular formula is C28H44N2O2. The normalized spacial score (nSPS) is 39.1. The van der Waals surface area contributed by atoms with Gasteiger partial charge in [0, 0.05) is 18.6 Å². The summed E-state index contributed by atoms with van der Waals surface area (Å²) in [7, 11) is 0. The lowest BCUT2D eigenvalue weighted by molar-refractivity contribution is -0.0289. The largest absolute Gasteiger partial charge is 0.376 e. The van der Waals surface area contributed by atoms with Gasteiger partial charge in [0.1, 0.15) is 5.72 Å². The molecule has 4 fully saturated rings.